The smallest absolute Gasteiger partial charge is 0.139 e. The lowest BCUT2D eigenvalue weighted by Gasteiger charge is -2.60. The largest absolute Gasteiger partial charge is 0.393 e. The third kappa shape index (κ3) is 1.84. The van der Waals surface area contributed by atoms with Crippen molar-refractivity contribution in [3.8, 4) is 0 Å². The first-order chi connectivity index (χ1) is 11.8. The first-order valence-corrected chi connectivity index (χ1v) is 8.55. The van der Waals surface area contributed by atoms with E-state index >= 15 is 0 Å². The van der Waals surface area contributed by atoms with Crippen LogP contribution in [0.5, 0.6) is 0 Å². The van der Waals surface area contributed by atoms with Gasteiger partial charge in [-0.25, -0.2) is 0 Å². The average molecular weight is 295 g/mol. The highest BCUT2D eigenvalue weighted by atomic mass is 16.3. The van der Waals surface area contributed by atoms with Gasteiger partial charge in [0.25, 0.3) is 0 Å². The summed E-state index contributed by atoms with van der Waals surface area (Å²) in [4.78, 5) is 12.5. The maximum absolute atomic E-state index is 12.5. The Morgan fingerprint density at radius 1 is 1.19 bits per heavy atom. The Kier molecular flexibility index (Phi) is 2.11. The molecule has 21 heavy (non-hydrogen) atoms. The lowest BCUT2D eigenvalue weighted by molar-refractivity contribution is -0.142. The number of fused-ring (bicyclic) bond motifs is 5. The Morgan fingerprint density at radius 2 is 2.00 bits per heavy atom. The average Bonchev–Trinajstić information content (AvgIpc) is 2.81. The topological polar surface area (TPSA) is 37.3 Å². The maximum Gasteiger partial charge on any atom is 0.139 e. The van der Waals surface area contributed by atoms with Gasteiger partial charge in [0.1, 0.15) is 5.78 Å². The minimum absolute atomic E-state index is 0.0166. The highest BCUT2D eigenvalue weighted by Gasteiger charge is 2.60. The third-order valence-electron chi connectivity index (χ3n) is 7.53. The van der Waals surface area contributed by atoms with Gasteiger partial charge in [-0.05, 0) is 80.4 Å². The number of carbonyl (C=O) groups excluding carboxylic acids is 1. The van der Waals surface area contributed by atoms with Crippen LogP contribution in [-0.2, 0) is 4.79 Å². The molecule has 0 spiro atoms. The summed E-state index contributed by atoms with van der Waals surface area (Å²) in [6.07, 6.45) is -2.77. The summed E-state index contributed by atoms with van der Waals surface area (Å²) in [7, 11) is 0. The molecule has 4 aliphatic carbocycles. The standard InChI is InChI=1S/C19H30O2/c1-18-9-7-13(20)11-12(18)3-4-14-15-5-6-17(21)19(15,2)10-8-16(14)18/h12-16,20H,3-11H2,1-2H3/t12-,13-,14?,15?,16?,18?,19?/m1/s1/i7D2,11D2,13D. The van der Waals surface area contributed by atoms with E-state index in [9.17, 15) is 9.90 Å². The van der Waals surface area contributed by atoms with Crippen molar-refractivity contribution in [2.75, 3.05) is 0 Å². The van der Waals surface area contributed by atoms with Gasteiger partial charge in [0, 0.05) is 17.3 Å². The van der Waals surface area contributed by atoms with E-state index in [1.165, 1.54) is 0 Å². The summed E-state index contributed by atoms with van der Waals surface area (Å²) in [5.74, 6) is 0.642. The summed E-state index contributed by atoms with van der Waals surface area (Å²) in [5, 5.41) is 10.5. The van der Waals surface area contributed by atoms with Crippen LogP contribution in [0.2, 0.25) is 0 Å². The number of ketones is 1. The molecule has 2 heteroatoms. The number of hydrogen-bond acceptors (Lipinski definition) is 2. The van der Waals surface area contributed by atoms with Gasteiger partial charge >= 0.3 is 0 Å². The fraction of sp³-hybridized carbons (Fsp3) is 0.947. The minimum atomic E-state index is -2.73. The van der Waals surface area contributed by atoms with Crippen LogP contribution in [0.4, 0.5) is 0 Å². The number of hydrogen-bond donors (Lipinski definition) is 1. The SMILES string of the molecule is [2H]C1([2H])CC2(C)C3CCC4(C)C(=O)CCC4C3CC[C@@H]2C([2H])([2H])[C@]1([2H])O. The summed E-state index contributed by atoms with van der Waals surface area (Å²) in [6, 6.07) is 0. The van der Waals surface area contributed by atoms with Gasteiger partial charge in [0.15, 0.2) is 0 Å². The lowest BCUT2D eigenvalue weighted by atomic mass is 9.45. The molecule has 118 valence electrons. The summed E-state index contributed by atoms with van der Waals surface area (Å²) in [6.45, 7) is 4.08. The van der Waals surface area contributed by atoms with Crippen molar-refractivity contribution in [2.24, 2.45) is 34.5 Å². The third-order valence-corrected chi connectivity index (χ3v) is 7.53. The fourth-order valence-corrected chi connectivity index (χ4v) is 6.21. The molecular formula is C19H30O2. The van der Waals surface area contributed by atoms with E-state index in [4.69, 9.17) is 6.85 Å². The molecule has 0 aromatic carbocycles. The molecule has 0 heterocycles. The quantitative estimate of drug-likeness (QED) is 0.734. The Morgan fingerprint density at radius 3 is 2.81 bits per heavy atom. The predicted molar refractivity (Wildman–Crippen MR) is 82.7 cm³/mol. The Balaban J connectivity index is 1.75. The van der Waals surface area contributed by atoms with Crippen molar-refractivity contribution in [3.63, 3.8) is 0 Å². The van der Waals surface area contributed by atoms with Gasteiger partial charge in [-0.1, -0.05) is 13.8 Å². The van der Waals surface area contributed by atoms with Crippen molar-refractivity contribution in [1.29, 1.82) is 0 Å². The highest BCUT2D eigenvalue weighted by Crippen LogP contribution is 2.65. The van der Waals surface area contributed by atoms with E-state index < -0.39 is 30.2 Å². The van der Waals surface area contributed by atoms with Crippen molar-refractivity contribution < 1.29 is 16.8 Å². The molecule has 7 atom stereocenters. The number of rotatable bonds is 0. The number of carbonyl (C=O) groups is 1. The van der Waals surface area contributed by atoms with E-state index in [0.29, 0.717) is 30.5 Å². The van der Waals surface area contributed by atoms with E-state index in [2.05, 4.69) is 6.92 Å². The summed E-state index contributed by atoms with van der Waals surface area (Å²) < 4.78 is 41.7. The maximum atomic E-state index is 12.5. The van der Waals surface area contributed by atoms with Gasteiger partial charge in [-0.15, -0.1) is 0 Å². The second kappa shape index (κ2) is 4.57. The zero-order chi connectivity index (χ0) is 19.3. The van der Waals surface area contributed by atoms with E-state index in [-0.39, 0.29) is 17.8 Å². The fourth-order valence-electron chi connectivity index (χ4n) is 6.21. The molecule has 0 radical (unpaired) electrons. The van der Waals surface area contributed by atoms with Crippen LogP contribution in [0.25, 0.3) is 0 Å². The van der Waals surface area contributed by atoms with Crippen LogP contribution >= 0.6 is 0 Å². The molecule has 0 aliphatic heterocycles. The van der Waals surface area contributed by atoms with Gasteiger partial charge in [-0.2, -0.15) is 0 Å². The van der Waals surface area contributed by atoms with Gasteiger partial charge in [0.2, 0.25) is 0 Å². The first-order valence-electron chi connectivity index (χ1n) is 11.0. The normalized spacial score (nSPS) is 68.3. The Hall–Kier alpha value is -0.370. The molecule has 4 aliphatic rings. The summed E-state index contributed by atoms with van der Waals surface area (Å²) >= 11 is 0. The molecular weight excluding hydrogens is 260 g/mol. The number of Topliss-reactive ketones (excluding diaryl/α,β-unsaturated/α-hetero) is 1. The minimum Gasteiger partial charge on any atom is -0.393 e. The molecule has 5 unspecified atom stereocenters. The van der Waals surface area contributed by atoms with Crippen molar-refractivity contribution in [2.45, 2.75) is 77.6 Å². The van der Waals surface area contributed by atoms with Crippen molar-refractivity contribution >= 4 is 5.78 Å². The summed E-state index contributed by atoms with van der Waals surface area (Å²) in [5.41, 5.74) is -0.844. The van der Waals surface area contributed by atoms with Crippen molar-refractivity contribution in [3.05, 3.63) is 0 Å². The molecule has 0 saturated heterocycles. The Bertz CT molecular complexity index is 648. The van der Waals surface area contributed by atoms with Gasteiger partial charge in [0.05, 0.1) is 7.45 Å². The molecule has 4 fully saturated rings. The van der Waals surface area contributed by atoms with Crippen LogP contribution in [-0.4, -0.2) is 17.0 Å². The number of aliphatic hydroxyl groups is 1. The zero-order valence-corrected chi connectivity index (χ0v) is 13.1. The van der Waals surface area contributed by atoms with Crippen LogP contribution in [0.3, 0.4) is 0 Å². The predicted octanol–water partition coefficient (Wildman–Crippen LogP) is 3.96. The van der Waals surface area contributed by atoms with Crippen molar-refractivity contribution in [1.82, 2.24) is 0 Å². The molecule has 4 rings (SSSR count). The van der Waals surface area contributed by atoms with E-state index in [1.54, 1.807) is 0 Å². The van der Waals surface area contributed by atoms with Crippen LogP contribution < -0.4 is 0 Å². The Labute approximate surface area is 135 Å². The van der Waals surface area contributed by atoms with E-state index in [1.807, 2.05) is 6.92 Å². The van der Waals surface area contributed by atoms with Crippen LogP contribution in [0.15, 0.2) is 0 Å². The van der Waals surface area contributed by atoms with Gasteiger partial charge < -0.3 is 5.11 Å². The highest BCUT2D eigenvalue weighted by molar-refractivity contribution is 5.87. The molecule has 2 nitrogen and oxygen atoms in total. The molecule has 0 bridgehead atoms. The van der Waals surface area contributed by atoms with Crippen LogP contribution in [0, 0.1) is 34.5 Å². The molecule has 0 aromatic rings. The second-order valence-corrected chi connectivity index (χ2v) is 8.28. The molecule has 1 N–H and O–H groups in total. The second-order valence-electron chi connectivity index (χ2n) is 8.28. The molecule has 0 amide bonds. The van der Waals surface area contributed by atoms with E-state index in [0.717, 1.165) is 25.7 Å². The first kappa shape index (κ1) is 9.70. The van der Waals surface area contributed by atoms with Gasteiger partial charge in [-0.3, -0.25) is 4.79 Å². The molecule has 4 saturated carbocycles. The molecule has 0 aromatic heterocycles. The lowest BCUT2D eigenvalue weighted by Crippen LogP contribution is -2.54. The zero-order valence-electron chi connectivity index (χ0n) is 18.1. The van der Waals surface area contributed by atoms with Crippen LogP contribution in [0.1, 0.15) is 78.4 Å². The monoisotopic (exact) mass is 295 g/mol.